The SMILES string of the molecule is c1ccc(N(c2ccc(-c3cccc4c3ccc3ccccc34)cc2)c2ccc(-c3cccc4c3sc3ccccc34)cc2)c(-c2cccc3cccc(C4CCCCC4)c23)c1. The van der Waals surface area contributed by atoms with Crippen LogP contribution in [0.4, 0.5) is 17.1 Å². The minimum Gasteiger partial charge on any atom is -0.310 e. The Labute approximate surface area is 367 Å². The van der Waals surface area contributed by atoms with Crippen LogP contribution in [-0.2, 0) is 0 Å². The predicted octanol–water partition coefficient (Wildman–Crippen LogP) is 18.0. The fourth-order valence-corrected chi connectivity index (χ4v) is 11.8. The molecule has 1 heterocycles. The van der Waals surface area contributed by atoms with Crippen LogP contribution in [0, 0.1) is 0 Å². The van der Waals surface area contributed by atoms with Gasteiger partial charge in [-0.1, -0.05) is 189 Å². The maximum atomic E-state index is 2.47. The molecule has 0 atom stereocenters. The van der Waals surface area contributed by atoms with Crippen LogP contribution in [-0.4, -0.2) is 0 Å². The summed E-state index contributed by atoms with van der Waals surface area (Å²) in [5.41, 5.74) is 12.4. The first-order chi connectivity index (χ1) is 30.8. The molecule has 0 aliphatic heterocycles. The number of nitrogens with zero attached hydrogens (tertiary/aromatic N) is 1. The number of rotatable bonds is 7. The van der Waals surface area contributed by atoms with Crippen molar-refractivity contribution in [3.8, 4) is 33.4 Å². The number of para-hydroxylation sites is 1. The molecule has 11 aromatic rings. The Kier molecular flexibility index (Phi) is 9.19. The zero-order valence-electron chi connectivity index (χ0n) is 34.6. The average molecular weight is 812 g/mol. The Balaban J connectivity index is 1.02. The molecule has 0 N–H and O–H groups in total. The lowest BCUT2D eigenvalue weighted by atomic mass is 9.80. The van der Waals surface area contributed by atoms with E-state index in [1.807, 2.05) is 11.3 Å². The molecule has 1 saturated carbocycles. The van der Waals surface area contributed by atoms with Gasteiger partial charge >= 0.3 is 0 Å². The zero-order chi connectivity index (χ0) is 41.0. The molecule has 1 aliphatic carbocycles. The molecule has 0 unspecified atom stereocenters. The number of thiophene rings is 1. The second kappa shape index (κ2) is 15.5. The number of fused-ring (bicyclic) bond motifs is 7. The molecule has 0 radical (unpaired) electrons. The van der Waals surface area contributed by atoms with Crippen molar-refractivity contribution in [2.45, 2.75) is 38.0 Å². The van der Waals surface area contributed by atoms with Gasteiger partial charge in [0.1, 0.15) is 0 Å². The molecule has 10 aromatic carbocycles. The third-order valence-electron chi connectivity index (χ3n) is 13.5. The number of anilines is 3. The van der Waals surface area contributed by atoms with Gasteiger partial charge in [0.15, 0.2) is 0 Å². The third kappa shape index (κ3) is 6.29. The largest absolute Gasteiger partial charge is 0.310 e. The van der Waals surface area contributed by atoms with Gasteiger partial charge < -0.3 is 4.90 Å². The molecular formula is C60H45NS. The maximum absolute atomic E-state index is 2.47. The van der Waals surface area contributed by atoms with Crippen LogP contribution in [0.1, 0.15) is 43.6 Å². The lowest BCUT2D eigenvalue weighted by Gasteiger charge is -2.29. The van der Waals surface area contributed by atoms with Gasteiger partial charge in [0.05, 0.1) is 5.69 Å². The van der Waals surface area contributed by atoms with E-state index in [0.717, 1.165) is 11.4 Å². The van der Waals surface area contributed by atoms with Crippen LogP contribution in [0.25, 0.3) is 85.9 Å². The van der Waals surface area contributed by atoms with E-state index < -0.39 is 0 Å². The highest BCUT2D eigenvalue weighted by Crippen LogP contribution is 2.47. The van der Waals surface area contributed by atoms with E-state index in [4.69, 9.17) is 0 Å². The first-order valence-corrected chi connectivity index (χ1v) is 23.0. The molecule has 1 nitrogen and oxygen atoms in total. The lowest BCUT2D eigenvalue weighted by Crippen LogP contribution is -2.11. The molecule has 12 rings (SSSR count). The lowest BCUT2D eigenvalue weighted by molar-refractivity contribution is 0.445. The summed E-state index contributed by atoms with van der Waals surface area (Å²) in [7, 11) is 0. The van der Waals surface area contributed by atoms with Gasteiger partial charge in [0.2, 0.25) is 0 Å². The van der Waals surface area contributed by atoms with Crippen LogP contribution >= 0.6 is 11.3 Å². The first kappa shape index (κ1) is 36.8. The number of hydrogen-bond donors (Lipinski definition) is 0. The predicted molar refractivity (Wildman–Crippen MR) is 269 cm³/mol. The summed E-state index contributed by atoms with van der Waals surface area (Å²) in [6.45, 7) is 0. The molecule has 0 spiro atoms. The van der Waals surface area contributed by atoms with E-state index in [0.29, 0.717) is 5.92 Å². The zero-order valence-corrected chi connectivity index (χ0v) is 35.4. The second-order valence-electron chi connectivity index (χ2n) is 17.0. The Morgan fingerprint density at radius 1 is 0.371 bits per heavy atom. The Hall–Kier alpha value is -7.00. The quantitative estimate of drug-likeness (QED) is 0.145. The van der Waals surface area contributed by atoms with Crippen molar-refractivity contribution in [1.82, 2.24) is 0 Å². The summed E-state index contributed by atoms with van der Waals surface area (Å²) in [5, 5.41) is 10.5. The maximum Gasteiger partial charge on any atom is 0.0540 e. The molecular weight excluding hydrogens is 767 g/mol. The minimum atomic E-state index is 0.592. The van der Waals surface area contributed by atoms with Gasteiger partial charge in [-0.25, -0.2) is 0 Å². The van der Waals surface area contributed by atoms with E-state index in [1.54, 1.807) is 0 Å². The van der Waals surface area contributed by atoms with Crippen LogP contribution in [0.5, 0.6) is 0 Å². The molecule has 1 aliphatic rings. The molecule has 0 amide bonds. The van der Waals surface area contributed by atoms with Crippen molar-refractivity contribution in [3.63, 3.8) is 0 Å². The highest BCUT2D eigenvalue weighted by Gasteiger charge is 2.23. The molecule has 296 valence electrons. The molecule has 1 fully saturated rings. The highest BCUT2D eigenvalue weighted by molar-refractivity contribution is 7.26. The standard InChI is InChI=1S/C60H45NS/c1-2-14-40(15-3-1)49-23-10-17-44-18-11-26-55(59(44)49)53-20-6-8-28-57(53)61(46-37-32-43(33-38-46)50-24-13-27-56-54-21-7-9-29-58(54)62-60(50)56)45-35-30-42(31-36-45)48-22-12-25-51-47-19-5-4-16-41(47)34-39-52(48)51/h4-13,16-40H,1-3,14-15H2. The van der Waals surface area contributed by atoms with E-state index in [1.165, 1.54) is 129 Å². The summed E-state index contributed by atoms with van der Waals surface area (Å²) in [5.74, 6) is 0.592. The molecule has 2 heteroatoms. The highest BCUT2D eigenvalue weighted by atomic mass is 32.1. The van der Waals surface area contributed by atoms with Crippen molar-refractivity contribution >= 4 is 80.9 Å². The molecule has 62 heavy (non-hydrogen) atoms. The summed E-state index contributed by atoms with van der Waals surface area (Å²) >= 11 is 1.89. The number of benzene rings is 10. The van der Waals surface area contributed by atoms with Crippen molar-refractivity contribution in [2.24, 2.45) is 0 Å². The fourth-order valence-electron chi connectivity index (χ4n) is 10.5. The molecule has 1 aromatic heterocycles. The second-order valence-corrected chi connectivity index (χ2v) is 18.1. The van der Waals surface area contributed by atoms with Gasteiger partial charge in [-0.15, -0.1) is 11.3 Å². The minimum absolute atomic E-state index is 0.592. The average Bonchev–Trinajstić information content (AvgIpc) is 3.74. The third-order valence-corrected chi connectivity index (χ3v) is 14.7. The van der Waals surface area contributed by atoms with Gasteiger partial charge in [0.25, 0.3) is 0 Å². The fraction of sp³-hybridized carbons (Fsp3) is 0.100. The molecule has 0 saturated heterocycles. The van der Waals surface area contributed by atoms with E-state index in [-0.39, 0.29) is 0 Å². The van der Waals surface area contributed by atoms with Crippen LogP contribution in [0.2, 0.25) is 0 Å². The van der Waals surface area contributed by atoms with E-state index >= 15 is 0 Å². The van der Waals surface area contributed by atoms with Crippen LogP contribution in [0.15, 0.2) is 206 Å². The van der Waals surface area contributed by atoms with Crippen molar-refractivity contribution in [3.05, 3.63) is 212 Å². The van der Waals surface area contributed by atoms with Gasteiger partial charge in [-0.2, -0.15) is 0 Å². The van der Waals surface area contributed by atoms with Crippen LogP contribution in [0.3, 0.4) is 0 Å². The Morgan fingerprint density at radius 2 is 0.952 bits per heavy atom. The van der Waals surface area contributed by atoms with Crippen molar-refractivity contribution < 1.29 is 0 Å². The summed E-state index contributed by atoms with van der Waals surface area (Å²) < 4.78 is 2.67. The van der Waals surface area contributed by atoms with Gasteiger partial charge in [0, 0.05) is 37.1 Å². The van der Waals surface area contributed by atoms with Crippen molar-refractivity contribution in [1.29, 1.82) is 0 Å². The van der Waals surface area contributed by atoms with Crippen LogP contribution < -0.4 is 4.90 Å². The van der Waals surface area contributed by atoms with Gasteiger partial charge in [-0.05, 0) is 121 Å². The monoisotopic (exact) mass is 811 g/mol. The summed E-state index contributed by atoms with van der Waals surface area (Å²) in [6.07, 6.45) is 6.50. The van der Waals surface area contributed by atoms with E-state index in [9.17, 15) is 0 Å². The first-order valence-electron chi connectivity index (χ1n) is 22.2. The summed E-state index contributed by atoms with van der Waals surface area (Å²) in [6, 6.07) is 77.0. The number of hydrogen-bond acceptors (Lipinski definition) is 2. The Bertz CT molecular complexity index is 3440. The normalized spacial score (nSPS) is 13.4. The Morgan fingerprint density at radius 3 is 1.76 bits per heavy atom. The smallest absolute Gasteiger partial charge is 0.0540 e. The topological polar surface area (TPSA) is 3.24 Å². The van der Waals surface area contributed by atoms with Crippen molar-refractivity contribution in [2.75, 3.05) is 4.90 Å². The van der Waals surface area contributed by atoms with Gasteiger partial charge in [-0.3, -0.25) is 0 Å². The van der Waals surface area contributed by atoms with E-state index in [2.05, 4.69) is 211 Å². The summed E-state index contributed by atoms with van der Waals surface area (Å²) in [4.78, 5) is 2.47. The molecule has 0 bridgehead atoms.